The molecule has 3 heteroatoms. The molecule has 0 bridgehead atoms. The van der Waals surface area contributed by atoms with Crippen molar-refractivity contribution < 1.29 is 4.84 Å². The predicted molar refractivity (Wildman–Crippen MR) is 48.6 cm³/mol. The second-order valence-electron chi connectivity index (χ2n) is 2.63. The van der Waals surface area contributed by atoms with Gasteiger partial charge in [0.1, 0.15) is 6.61 Å². The minimum absolute atomic E-state index is 0.682. The van der Waals surface area contributed by atoms with E-state index in [-0.39, 0.29) is 0 Å². The van der Waals surface area contributed by atoms with Crippen molar-refractivity contribution in [2.45, 2.75) is 6.42 Å². The van der Waals surface area contributed by atoms with Crippen LogP contribution in [0.25, 0.3) is 0 Å². The molecule has 0 fully saturated rings. The smallest absolute Gasteiger partial charge is 0.122 e. The van der Waals surface area contributed by atoms with Gasteiger partial charge in [-0.3, -0.25) is 0 Å². The molecular formula is C9H8ClNO. The molecular weight excluding hydrogens is 174 g/mol. The minimum atomic E-state index is 0.682. The van der Waals surface area contributed by atoms with Crippen molar-refractivity contribution in [2.24, 2.45) is 5.16 Å². The Hall–Kier alpha value is -1.02. The lowest BCUT2D eigenvalue weighted by atomic mass is 10.1. The summed E-state index contributed by atoms with van der Waals surface area (Å²) in [5.41, 5.74) is 2.04. The van der Waals surface area contributed by atoms with E-state index in [1.807, 2.05) is 24.3 Å². The van der Waals surface area contributed by atoms with Gasteiger partial charge in [-0.05, 0) is 12.1 Å². The van der Waals surface area contributed by atoms with Gasteiger partial charge >= 0.3 is 0 Å². The van der Waals surface area contributed by atoms with Gasteiger partial charge in [-0.1, -0.05) is 28.9 Å². The molecule has 1 aliphatic heterocycles. The maximum absolute atomic E-state index is 5.83. The molecule has 0 radical (unpaired) electrons. The second kappa shape index (κ2) is 3.15. The average molecular weight is 182 g/mol. The third-order valence-corrected chi connectivity index (χ3v) is 2.00. The van der Waals surface area contributed by atoms with Gasteiger partial charge < -0.3 is 4.84 Å². The Morgan fingerprint density at radius 1 is 1.42 bits per heavy atom. The van der Waals surface area contributed by atoms with Crippen LogP contribution in [0, 0.1) is 0 Å². The molecule has 0 saturated heterocycles. The van der Waals surface area contributed by atoms with Crippen LogP contribution in [0.4, 0.5) is 0 Å². The Morgan fingerprint density at radius 2 is 2.33 bits per heavy atom. The Bertz CT molecular complexity index is 322. The van der Waals surface area contributed by atoms with Crippen LogP contribution in [-0.2, 0) is 4.84 Å². The second-order valence-corrected chi connectivity index (χ2v) is 3.07. The van der Waals surface area contributed by atoms with Crippen molar-refractivity contribution in [3.8, 4) is 0 Å². The molecule has 0 spiro atoms. The highest BCUT2D eigenvalue weighted by atomic mass is 35.5. The molecule has 1 aliphatic rings. The van der Waals surface area contributed by atoms with Gasteiger partial charge in [0, 0.05) is 17.0 Å². The van der Waals surface area contributed by atoms with Crippen molar-refractivity contribution in [1.29, 1.82) is 0 Å². The Kier molecular flexibility index (Phi) is 2.00. The lowest BCUT2D eigenvalue weighted by molar-refractivity contribution is 0.174. The summed E-state index contributed by atoms with van der Waals surface area (Å²) in [5.74, 6) is 0. The molecule has 1 heterocycles. The molecule has 2 rings (SSSR count). The van der Waals surface area contributed by atoms with Crippen LogP contribution in [0.1, 0.15) is 12.0 Å². The highest BCUT2D eigenvalue weighted by Crippen LogP contribution is 2.15. The SMILES string of the molecule is Clc1cccc(C2=NOCC2)c1. The first kappa shape index (κ1) is 7.62. The Morgan fingerprint density at radius 3 is 3.00 bits per heavy atom. The third kappa shape index (κ3) is 1.43. The first-order valence-electron chi connectivity index (χ1n) is 3.81. The van der Waals surface area contributed by atoms with Crippen LogP contribution in [0.3, 0.4) is 0 Å². The van der Waals surface area contributed by atoms with Crippen LogP contribution in [0.2, 0.25) is 5.02 Å². The average Bonchev–Trinajstić information content (AvgIpc) is 2.56. The first-order chi connectivity index (χ1) is 5.86. The van der Waals surface area contributed by atoms with Gasteiger partial charge in [0.2, 0.25) is 0 Å². The molecule has 0 atom stereocenters. The van der Waals surface area contributed by atoms with Gasteiger partial charge in [-0.2, -0.15) is 0 Å². The zero-order valence-corrected chi connectivity index (χ0v) is 7.21. The topological polar surface area (TPSA) is 21.6 Å². The summed E-state index contributed by atoms with van der Waals surface area (Å²) in [5, 5.41) is 4.64. The normalized spacial score (nSPS) is 15.6. The van der Waals surface area contributed by atoms with Gasteiger partial charge in [0.05, 0.1) is 5.71 Å². The quantitative estimate of drug-likeness (QED) is 0.652. The van der Waals surface area contributed by atoms with E-state index in [2.05, 4.69) is 5.16 Å². The first-order valence-corrected chi connectivity index (χ1v) is 4.19. The Labute approximate surface area is 75.8 Å². The van der Waals surface area contributed by atoms with Crippen molar-refractivity contribution in [2.75, 3.05) is 6.61 Å². The number of oxime groups is 1. The van der Waals surface area contributed by atoms with Crippen molar-refractivity contribution in [3.63, 3.8) is 0 Å². The number of benzene rings is 1. The fourth-order valence-electron chi connectivity index (χ4n) is 1.18. The van der Waals surface area contributed by atoms with Gasteiger partial charge in [0.25, 0.3) is 0 Å². The summed E-state index contributed by atoms with van der Waals surface area (Å²) >= 11 is 5.83. The number of nitrogens with zero attached hydrogens (tertiary/aromatic N) is 1. The fraction of sp³-hybridized carbons (Fsp3) is 0.222. The summed E-state index contributed by atoms with van der Waals surface area (Å²) in [6.45, 7) is 0.682. The largest absolute Gasteiger partial charge is 0.395 e. The van der Waals surface area contributed by atoms with E-state index >= 15 is 0 Å². The fourth-order valence-corrected chi connectivity index (χ4v) is 1.37. The molecule has 0 unspecified atom stereocenters. The van der Waals surface area contributed by atoms with E-state index in [0.29, 0.717) is 6.61 Å². The monoisotopic (exact) mass is 181 g/mol. The zero-order chi connectivity index (χ0) is 8.39. The summed E-state index contributed by atoms with van der Waals surface area (Å²) in [6, 6.07) is 7.65. The minimum Gasteiger partial charge on any atom is -0.395 e. The number of halogens is 1. The van der Waals surface area contributed by atoms with E-state index in [0.717, 1.165) is 22.7 Å². The number of rotatable bonds is 1. The molecule has 1 aromatic rings. The maximum Gasteiger partial charge on any atom is 0.122 e. The van der Waals surface area contributed by atoms with Crippen molar-refractivity contribution >= 4 is 17.3 Å². The van der Waals surface area contributed by atoms with Gasteiger partial charge in [-0.15, -0.1) is 0 Å². The lowest BCUT2D eigenvalue weighted by Gasteiger charge is -1.97. The summed E-state index contributed by atoms with van der Waals surface area (Å²) in [6.07, 6.45) is 0.875. The highest BCUT2D eigenvalue weighted by molar-refractivity contribution is 6.31. The van der Waals surface area contributed by atoms with Gasteiger partial charge in [-0.25, -0.2) is 0 Å². The van der Waals surface area contributed by atoms with E-state index in [9.17, 15) is 0 Å². The molecule has 0 saturated carbocycles. The van der Waals surface area contributed by atoms with Crippen LogP contribution < -0.4 is 0 Å². The van der Waals surface area contributed by atoms with E-state index in [1.54, 1.807) is 0 Å². The number of hydrogen-bond donors (Lipinski definition) is 0. The van der Waals surface area contributed by atoms with E-state index in [1.165, 1.54) is 0 Å². The molecule has 1 aromatic carbocycles. The molecule has 0 aliphatic carbocycles. The molecule has 0 aromatic heterocycles. The van der Waals surface area contributed by atoms with E-state index < -0.39 is 0 Å². The third-order valence-electron chi connectivity index (χ3n) is 1.76. The molecule has 2 nitrogen and oxygen atoms in total. The zero-order valence-electron chi connectivity index (χ0n) is 6.46. The van der Waals surface area contributed by atoms with Crippen LogP contribution >= 0.6 is 11.6 Å². The summed E-state index contributed by atoms with van der Waals surface area (Å²) < 4.78 is 0. The molecule has 12 heavy (non-hydrogen) atoms. The number of hydrogen-bond acceptors (Lipinski definition) is 2. The van der Waals surface area contributed by atoms with Crippen LogP contribution in [0.15, 0.2) is 29.4 Å². The summed E-state index contributed by atoms with van der Waals surface area (Å²) in [4.78, 5) is 4.90. The van der Waals surface area contributed by atoms with E-state index in [4.69, 9.17) is 16.4 Å². The van der Waals surface area contributed by atoms with Crippen molar-refractivity contribution in [1.82, 2.24) is 0 Å². The molecule has 0 amide bonds. The molecule has 62 valence electrons. The lowest BCUT2D eigenvalue weighted by Crippen LogP contribution is -1.96. The molecule has 0 N–H and O–H groups in total. The van der Waals surface area contributed by atoms with Crippen molar-refractivity contribution in [3.05, 3.63) is 34.9 Å². The maximum atomic E-state index is 5.83. The standard InChI is InChI=1S/C9H8ClNO/c10-8-3-1-2-7(6-8)9-4-5-12-11-9/h1-3,6H,4-5H2. The highest BCUT2D eigenvalue weighted by Gasteiger charge is 2.09. The Balaban J connectivity index is 2.33. The predicted octanol–water partition coefficient (Wildman–Crippen LogP) is 2.46. The van der Waals surface area contributed by atoms with Crippen LogP contribution in [-0.4, -0.2) is 12.3 Å². The van der Waals surface area contributed by atoms with Crippen LogP contribution in [0.5, 0.6) is 0 Å². The van der Waals surface area contributed by atoms with Gasteiger partial charge in [0.15, 0.2) is 0 Å². The summed E-state index contributed by atoms with van der Waals surface area (Å²) in [7, 11) is 0.